The van der Waals surface area contributed by atoms with E-state index in [1.807, 2.05) is 6.07 Å². The molecule has 0 saturated carbocycles. The van der Waals surface area contributed by atoms with E-state index in [0.29, 0.717) is 11.3 Å². The SMILES string of the molecule is O=C1C(=O)N(CNc2ccncc2)c2ccccc21. The number of hydrogen-bond acceptors (Lipinski definition) is 4. The minimum atomic E-state index is -0.497. The minimum absolute atomic E-state index is 0.256. The first-order chi connectivity index (χ1) is 9.27. The molecule has 0 fully saturated rings. The summed E-state index contributed by atoms with van der Waals surface area (Å²) >= 11 is 0. The predicted molar refractivity (Wildman–Crippen MR) is 71.0 cm³/mol. The molecule has 1 aliphatic heterocycles. The second-order valence-corrected chi connectivity index (χ2v) is 4.15. The van der Waals surface area contributed by atoms with Crippen LogP contribution in [0.25, 0.3) is 0 Å². The van der Waals surface area contributed by atoms with Gasteiger partial charge in [0.15, 0.2) is 0 Å². The van der Waals surface area contributed by atoms with Crippen LogP contribution in [0.4, 0.5) is 11.4 Å². The van der Waals surface area contributed by atoms with Crippen molar-refractivity contribution in [3.8, 4) is 0 Å². The Bertz CT molecular complexity index is 640. The van der Waals surface area contributed by atoms with E-state index < -0.39 is 11.7 Å². The van der Waals surface area contributed by atoms with Crippen LogP contribution in [0, 0.1) is 0 Å². The fraction of sp³-hybridized carbons (Fsp3) is 0.0714. The Morgan fingerprint density at radius 3 is 2.58 bits per heavy atom. The molecule has 5 nitrogen and oxygen atoms in total. The number of Topliss-reactive ketones (excluding diaryl/α,β-unsaturated/α-hetero) is 1. The Kier molecular flexibility index (Phi) is 2.72. The maximum Gasteiger partial charge on any atom is 0.300 e. The summed E-state index contributed by atoms with van der Waals surface area (Å²) in [6, 6.07) is 10.6. The molecule has 0 saturated heterocycles. The number of para-hydroxylation sites is 1. The minimum Gasteiger partial charge on any atom is -0.367 e. The van der Waals surface area contributed by atoms with Crippen LogP contribution in [0.3, 0.4) is 0 Å². The van der Waals surface area contributed by atoms with Crippen molar-refractivity contribution in [3.05, 3.63) is 54.4 Å². The number of carbonyl (C=O) groups is 2. The zero-order valence-corrected chi connectivity index (χ0v) is 10.0. The number of carbonyl (C=O) groups excluding carboxylic acids is 2. The van der Waals surface area contributed by atoms with E-state index in [9.17, 15) is 9.59 Å². The van der Waals surface area contributed by atoms with Crippen LogP contribution in [0.5, 0.6) is 0 Å². The quantitative estimate of drug-likeness (QED) is 0.845. The molecule has 19 heavy (non-hydrogen) atoms. The summed E-state index contributed by atoms with van der Waals surface area (Å²) in [4.78, 5) is 29.1. The van der Waals surface area contributed by atoms with Crippen molar-refractivity contribution in [2.45, 2.75) is 0 Å². The van der Waals surface area contributed by atoms with Gasteiger partial charge in [0.05, 0.1) is 17.9 Å². The molecule has 0 unspecified atom stereocenters. The van der Waals surface area contributed by atoms with Crippen LogP contribution < -0.4 is 10.2 Å². The molecule has 1 aromatic heterocycles. The number of aromatic nitrogens is 1. The maximum absolute atomic E-state index is 11.9. The number of amides is 1. The molecule has 0 radical (unpaired) electrons. The van der Waals surface area contributed by atoms with Gasteiger partial charge in [-0.25, -0.2) is 0 Å². The zero-order chi connectivity index (χ0) is 13.2. The Balaban J connectivity index is 1.82. The van der Waals surface area contributed by atoms with Gasteiger partial charge >= 0.3 is 5.91 Å². The first-order valence-electron chi connectivity index (χ1n) is 5.86. The summed E-state index contributed by atoms with van der Waals surface area (Å²) < 4.78 is 0. The predicted octanol–water partition coefficient (Wildman–Crippen LogP) is 1.68. The normalized spacial score (nSPS) is 13.6. The topological polar surface area (TPSA) is 62.3 Å². The molecular formula is C14H11N3O2. The molecule has 1 aromatic carbocycles. The molecule has 2 heterocycles. The van der Waals surface area contributed by atoms with Crippen LogP contribution in [0.2, 0.25) is 0 Å². The largest absolute Gasteiger partial charge is 0.367 e. The summed E-state index contributed by atoms with van der Waals surface area (Å²) in [6.07, 6.45) is 3.32. The molecule has 5 heteroatoms. The van der Waals surface area contributed by atoms with Crippen molar-refractivity contribution < 1.29 is 9.59 Å². The molecule has 0 atom stereocenters. The summed E-state index contributed by atoms with van der Waals surface area (Å²) in [5, 5.41) is 3.09. The highest BCUT2D eigenvalue weighted by molar-refractivity contribution is 6.52. The lowest BCUT2D eigenvalue weighted by atomic mass is 10.1. The lowest BCUT2D eigenvalue weighted by molar-refractivity contribution is -0.114. The van der Waals surface area contributed by atoms with E-state index >= 15 is 0 Å². The Labute approximate surface area is 109 Å². The monoisotopic (exact) mass is 253 g/mol. The lowest BCUT2D eigenvalue weighted by Gasteiger charge is -2.17. The van der Waals surface area contributed by atoms with Gasteiger partial charge in [0.2, 0.25) is 0 Å². The van der Waals surface area contributed by atoms with E-state index in [2.05, 4.69) is 10.3 Å². The van der Waals surface area contributed by atoms with Crippen LogP contribution >= 0.6 is 0 Å². The average molecular weight is 253 g/mol. The van der Waals surface area contributed by atoms with Gasteiger partial charge in [-0.15, -0.1) is 0 Å². The van der Waals surface area contributed by atoms with E-state index in [0.717, 1.165) is 5.69 Å². The number of anilines is 2. The number of ketones is 1. The van der Waals surface area contributed by atoms with Crippen LogP contribution in [0.1, 0.15) is 10.4 Å². The maximum atomic E-state index is 11.9. The number of nitrogens with zero attached hydrogens (tertiary/aromatic N) is 2. The number of pyridine rings is 1. The van der Waals surface area contributed by atoms with Crippen molar-refractivity contribution in [2.75, 3.05) is 16.9 Å². The average Bonchev–Trinajstić information content (AvgIpc) is 2.71. The summed E-state index contributed by atoms with van der Waals surface area (Å²) in [6.45, 7) is 0.256. The second kappa shape index (κ2) is 4.53. The molecule has 1 amide bonds. The number of hydrogen-bond donors (Lipinski definition) is 1. The molecule has 1 N–H and O–H groups in total. The van der Waals surface area contributed by atoms with Gasteiger partial charge in [0, 0.05) is 18.1 Å². The Morgan fingerprint density at radius 1 is 1.05 bits per heavy atom. The molecule has 0 bridgehead atoms. The van der Waals surface area contributed by atoms with Gasteiger partial charge in [0.1, 0.15) is 0 Å². The summed E-state index contributed by atoms with van der Waals surface area (Å²) in [7, 11) is 0. The lowest BCUT2D eigenvalue weighted by Crippen LogP contribution is -2.34. The van der Waals surface area contributed by atoms with Crippen LogP contribution in [-0.2, 0) is 4.79 Å². The standard InChI is InChI=1S/C14H11N3O2/c18-13-11-3-1-2-4-12(11)17(14(13)19)9-16-10-5-7-15-8-6-10/h1-8H,9H2,(H,15,16). The number of fused-ring (bicyclic) bond motifs is 1. The third kappa shape index (κ3) is 1.95. The van der Waals surface area contributed by atoms with Crippen LogP contribution in [0.15, 0.2) is 48.8 Å². The van der Waals surface area contributed by atoms with Gasteiger partial charge in [-0.3, -0.25) is 19.5 Å². The fourth-order valence-electron chi connectivity index (χ4n) is 2.05. The van der Waals surface area contributed by atoms with E-state index in [-0.39, 0.29) is 6.67 Å². The van der Waals surface area contributed by atoms with Crippen LogP contribution in [-0.4, -0.2) is 23.3 Å². The van der Waals surface area contributed by atoms with E-state index in [1.54, 1.807) is 42.7 Å². The van der Waals surface area contributed by atoms with Gasteiger partial charge in [-0.1, -0.05) is 12.1 Å². The first-order valence-corrected chi connectivity index (χ1v) is 5.86. The highest BCUT2D eigenvalue weighted by atomic mass is 16.2. The molecule has 94 valence electrons. The number of nitrogens with one attached hydrogen (secondary N) is 1. The molecular weight excluding hydrogens is 242 g/mol. The Hall–Kier alpha value is -2.69. The highest BCUT2D eigenvalue weighted by Crippen LogP contribution is 2.28. The third-order valence-electron chi connectivity index (χ3n) is 3.00. The van der Waals surface area contributed by atoms with Crippen molar-refractivity contribution in [1.82, 2.24) is 4.98 Å². The van der Waals surface area contributed by atoms with Gasteiger partial charge in [-0.05, 0) is 24.3 Å². The molecule has 3 rings (SSSR count). The Morgan fingerprint density at radius 2 is 1.79 bits per heavy atom. The van der Waals surface area contributed by atoms with E-state index in [1.165, 1.54) is 4.90 Å². The summed E-state index contributed by atoms with van der Waals surface area (Å²) in [5.41, 5.74) is 1.96. The highest BCUT2D eigenvalue weighted by Gasteiger charge is 2.34. The number of rotatable bonds is 3. The number of benzene rings is 1. The fourth-order valence-corrected chi connectivity index (χ4v) is 2.05. The van der Waals surface area contributed by atoms with Gasteiger partial charge in [0.25, 0.3) is 5.78 Å². The van der Waals surface area contributed by atoms with Gasteiger partial charge in [-0.2, -0.15) is 0 Å². The summed E-state index contributed by atoms with van der Waals surface area (Å²) in [5.74, 6) is -0.949. The van der Waals surface area contributed by atoms with E-state index in [4.69, 9.17) is 0 Å². The molecule has 2 aromatic rings. The second-order valence-electron chi connectivity index (χ2n) is 4.15. The first kappa shape index (κ1) is 11.4. The van der Waals surface area contributed by atoms with Crippen molar-refractivity contribution >= 4 is 23.1 Å². The van der Waals surface area contributed by atoms with Crippen molar-refractivity contribution in [3.63, 3.8) is 0 Å². The molecule has 1 aliphatic rings. The molecule has 0 spiro atoms. The van der Waals surface area contributed by atoms with Gasteiger partial charge < -0.3 is 5.32 Å². The zero-order valence-electron chi connectivity index (χ0n) is 10.0. The van der Waals surface area contributed by atoms with Crippen molar-refractivity contribution in [2.24, 2.45) is 0 Å². The van der Waals surface area contributed by atoms with Crippen molar-refractivity contribution in [1.29, 1.82) is 0 Å². The molecule has 0 aliphatic carbocycles. The smallest absolute Gasteiger partial charge is 0.300 e. The third-order valence-corrected chi connectivity index (χ3v) is 3.00.